The zero-order valence-electron chi connectivity index (χ0n) is 10.5. The van der Waals surface area contributed by atoms with E-state index in [4.69, 9.17) is 40.1 Å². The highest BCUT2D eigenvalue weighted by Gasteiger charge is 2.01. The molecule has 0 aromatic heterocycles. The molecule has 0 spiro atoms. The number of hydrogen-bond acceptors (Lipinski definition) is 3. The summed E-state index contributed by atoms with van der Waals surface area (Å²) in [5.74, 6) is -0.540. The lowest BCUT2D eigenvalue weighted by molar-refractivity contribution is 0.105. The highest BCUT2D eigenvalue weighted by Crippen LogP contribution is 2.11. The number of Topliss-reactive ketones (excluding diaryl/α,β-unsaturated/α-hetero) is 1. The van der Waals surface area contributed by atoms with E-state index >= 15 is 0 Å². The van der Waals surface area contributed by atoms with E-state index in [0.717, 1.165) is 0 Å². The number of carbonyl (C=O) groups excluding carboxylic acids is 2. The summed E-state index contributed by atoms with van der Waals surface area (Å²) >= 11 is 16.3. The van der Waals surface area contributed by atoms with E-state index in [2.05, 4.69) is 0 Å². The van der Waals surface area contributed by atoms with Gasteiger partial charge in [0.15, 0.2) is 0 Å². The van der Waals surface area contributed by atoms with Crippen LogP contribution >= 0.6 is 34.8 Å². The molecular weight excluding hydrogens is 333 g/mol. The fraction of sp³-hybridized carbons (Fsp3) is 0. The Bertz CT molecular complexity index is 674. The van der Waals surface area contributed by atoms with Crippen molar-refractivity contribution in [2.75, 3.05) is 0 Å². The number of nitriles is 1. The fourth-order valence-electron chi connectivity index (χ4n) is 1.25. The minimum absolute atomic E-state index is 0.372. The molecule has 0 aliphatic heterocycles. The summed E-state index contributed by atoms with van der Waals surface area (Å²) in [4.78, 5) is 21.2. The van der Waals surface area contributed by atoms with Gasteiger partial charge in [0.1, 0.15) is 6.07 Å². The van der Waals surface area contributed by atoms with Crippen LogP contribution in [-0.4, -0.2) is 11.0 Å². The number of carbonyl (C=O) groups is 2. The zero-order chi connectivity index (χ0) is 15.8. The van der Waals surface area contributed by atoms with E-state index in [1.54, 1.807) is 36.4 Å². The molecule has 0 bridgehead atoms. The van der Waals surface area contributed by atoms with Crippen molar-refractivity contribution in [1.82, 2.24) is 0 Å². The second kappa shape index (κ2) is 8.43. The first-order chi connectivity index (χ1) is 9.93. The van der Waals surface area contributed by atoms with Crippen molar-refractivity contribution in [2.45, 2.75) is 0 Å². The van der Waals surface area contributed by atoms with E-state index in [0.29, 0.717) is 21.2 Å². The van der Waals surface area contributed by atoms with Gasteiger partial charge < -0.3 is 0 Å². The number of halogens is 3. The molecule has 3 nitrogen and oxygen atoms in total. The number of nitrogens with zero attached hydrogens (tertiary/aromatic N) is 1. The molecule has 0 aliphatic rings. The normalized spacial score (nSPS) is 9.05. The molecule has 0 atom stereocenters. The Balaban J connectivity index is 0.000000211. The van der Waals surface area contributed by atoms with E-state index in [-0.39, 0.29) is 0 Å². The van der Waals surface area contributed by atoms with Gasteiger partial charge in [-0.05, 0) is 60.1 Å². The molecule has 2 rings (SSSR count). The first kappa shape index (κ1) is 17.2. The maximum Gasteiger partial charge on any atom is 0.262 e. The number of benzene rings is 2. The SMILES string of the molecule is N#CC(=O)c1ccc(Cl)cc1.O=C(Cl)c1ccc(Cl)cc1. The smallest absolute Gasteiger partial charge is 0.262 e. The molecular formula is C15H8Cl3NO2. The lowest BCUT2D eigenvalue weighted by atomic mass is 10.1. The van der Waals surface area contributed by atoms with Crippen LogP contribution < -0.4 is 0 Å². The third-order valence-corrected chi connectivity index (χ3v) is 3.00. The molecule has 0 unspecified atom stereocenters. The maximum atomic E-state index is 10.7. The molecule has 0 fully saturated rings. The third kappa shape index (κ3) is 5.97. The van der Waals surface area contributed by atoms with Gasteiger partial charge in [0, 0.05) is 21.2 Å². The van der Waals surface area contributed by atoms with Gasteiger partial charge in [-0.3, -0.25) is 9.59 Å². The Labute approximate surface area is 136 Å². The molecule has 2 aromatic carbocycles. The summed E-state index contributed by atoms with van der Waals surface area (Å²) in [7, 11) is 0. The molecule has 0 radical (unpaired) electrons. The highest BCUT2D eigenvalue weighted by molar-refractivity contribution is 6.67. The standard InChI is InChI=1S/C8H4ClNO.C7H4Cl2O/c9-7-3-1-6(2-4-7)8(11)5-10;8-6-3-1-5(2-4-6)7(9)10/h1-4H;1-4H. The van der Waals surface area contributed by atoms with Gasteiger partial charge in [-0.2, -0.15) is 5.26 Å². The molecule has 2 aromatic rings. The summed E-state index contributed by atoms with van der Waals surface area (Å²) in [6.45, 7) is 0. The predicted molar refractivity (Wildman–Crippen MR) is 83.0 cm³/mol. The van der Waals surface area contributed by atoms with Crippen LogP contribution in [0.3, 0.4) is 0 Å². The van der Waals surface area contributed by atoms with Crippen molar-refractivity contribution in [3.05, 3.63) is 69.7 Å². The zero-order valence-corrected chi connectivity index (χ0v) is 12.8. The van der Waals surface area contributed by atoms with Gasteiger partial charge in [-0.1, -0.05) is 23.2 Å². The molecule has 0 N–H and O–H groups in total. The van der Waals surface area contributed by atoms with Crippen LogP contribution in [0.1, 0.15) is 20.7 Å². The van der Waals surface area contributed by atoms with Gasteiger partial charge in [0.05, 0.1) is 0 Å². The van der Waals surface area contributed by atoms with E-state index in [1.165, 1.54) is 18.2 Å². The Hall–Kier alpha value is -1.86. The quantitative estimate of drug-likeness (QED) is 0.449. The van der Waals surface area contributed by atoms with Gasteiger partial charge in [0.2, 0.25) is 0 Å². The average Bonchev–Trinajstić information content (AvgIpc) is 2.48. The van der Waals surface area contributed by atoms with Crippen LogP contribution in [0.2, 0.25) is 10.0 Å². The van der Waals surface area contributed by atoms with Gasteiger partial charge >= 0.3 is 0 Å². The monoisotopic (exact) mass is 339 g/mol. The third-order valence-electron chi connectivity index (χ3n) is 2.28. The molecule has 0 amide bonds. The lowest BCUT2D eigenvalue weighted by Gasteiger charge is -1.91. The summed E-state index contributed by atoms with van der Waals surface area (Å²) in [5, 5.41) is 8.92. The topological polar surface area (TPSA) is 57.9 Å². The second-order valence-corrected chi connectivity index (χ2v) is 4.94. The predicted octanol–water partition coefficient (Wildman–Crippen LogP) is 4.77. The molecule has 0 saturated carbocycles. The first-order valence-electron chi connectivity index (χ1n) is 5.59. The van der Waals surface area contributed by atoms with Crippen LogP contribution in [0.25, 0.3) is 0 Å². The average molecular weight is 341 g/mol. The molecule has 0 aliphatic carbocycles. The van der Waals surface area contributed by atoms with E-state index < -0.39 is 11.0 Å². The van der Waals surface area contributed by atoms with E-state index in [1.807, 2.05) is 0 Å². The van der Waals surface area contributed by atoms with Crippen LogP contribution in [-0.2, 0) is 0 Å². The summed E-state index contributed by atoms with van der Waals surface area (Å²) in [6, 6.07) is 14.1. The Morgan fingerprint density at radius 1 is 0.810 bits per heavy atom. The summed E-state index contributed by atoms with van der Waals surface area (Å²) in [5.41, 5.74) is 0.836. The van der Waals surface area contributed by atoms with Gasteiger partial charge in [0.25, 0.3) is 11.0 Å². The van der Waals surface area contributed by atoms with Crippen molar-refractivity contribution in [3.63, 3.8) is 0 Å². The van der Waals surface area contributed by atoms with Crippen LogP contribution in [0.5, 0.6) is 0 Å². The largest absolute Gasteiger partial charge is 0.277 e. The van der Waals surface area contributed by atoms with Crippen molar-refractivity contribution in [1.29, 1.82) is 5.26 Å². The van der Waals surface area contributed by atoms with Crippen molar-refractivity contribution >= 4 is 45.8 Å². The Kier molecular flexibility index (Phi) is 6.90. The maximum absolute atomic E-state index is 10.7. The molecule has 0 heterocycles. The van der Waals surface area contributed by atoms with Crippen LogP contribution in [0.4, 0.5) is 0 Å². The van der Waals surface area contributed by atoms with Gasteiger partial charge in [-0.25, -0.2) is 0 Å². The molecule has 0 saturated heterocycles. The number of ketones is 1. The minimum Gasteiger partial charge on any atom is -0.277 e. The lowest BCUT2D eigenvalue weighted by Crippen LogP contribution is -1.92. The highest BCUT2D eigenvalue weighted by atomic mass is 35.5. The molecule has 21 heavy (non-hydrogen) atoms. The summed E-state index contributed by atoms with van der Waals surface area (Å²) in [6.07, 6.45) is 0. The first-order valence-corrected chi connectivity index (χ1v) is 6.73. The van der Waals surface area contributed by atoms with Crippen molar-refractivity contribution in [2.24, 2.45) is 0 Å². The summed E-state index contributed by atoms with van der Waals surface area (Å²) < 4.78 is 0. The molecule has 106 valence electrons. The second-order valence-electron chi connectivity index (χ2n) is 3.73. The van der Waals surface area contributed by atoms with Crippen LogP contribution in [0.15, 0.2) is 48.5 Å². The van der Waals surface area contributed by atoms with Crippen molar-refractivity contribution in [3.8, 4) is 6.07 Å². The van der Waals surface area contributed by atoms with Gasteiger partial charge in [-0.15, -0.1) is 0 Å². The number of hydrogen-bond donors (Lipinski definition) is 0. The Morgan fingerprint density at radius 3 is 1.52 bits per heavy atom. The van der Waals surface area contributed by atoms with Crippen LogP contribution in [0, 0.1) is 11.3 Å². The van der Waals surface area contributed by atoms with Crippen molar-refractivity contribution < 1.29 is 9.59 Å². The molecule has 6 heteroatoms. The minimum atomic E-state index is -0.540. The van der Waals surface area contributed by atoms with E-state index in [9.17, 15) is 9.59 Å². The number of rotatable bonds is 2. The Morgan fingerprint density at radius 2 is 1.19 bits per heavy atom. The fourth-order valence-corrected chi connectivity index (χ4v) is 1.62.